The maximum atomic E-state index is 12.8. The number of carbonyl (C=O) groups excluding carboxylic acids is 1. The van der Waals surface area contributed by atoms with Crippen LogP contribution in [0.3, 0.4) is 0 Å². The van der Waals surface area contributed by atoms with Crippen LogP contribution in [-0.4, -0.2) is 22.5 Å². The zero-order valence-corrected chi connectivity index (χ0v) is 17.3. The summed E-state index contributed by atoms with van der Waals surface area (Å²) < 4.78 is 5.80. The summed E-state index contributed by atoms with van der Waals surface area (Å²) in [6, 6.07) is 23.9. The Morgan fingerprint density at radius 1 is 1.00 bits per heavy atom. The zero-order valence-electron chi connectivity index (χ0n) is 17.3. The van der Waals surface area contributed by atoms with Crippen LogP contribution in [0.1, 0.15) is 35.0 Å². The molecular weight excluding hydrogens is 386 g/mol. The smallest absolute Gasteiger partial charge is 0.258 e. The second kappa shape index (κ2) is 8.64. The molecule has 156 valence electrons. The van der Waals surface area contributed by atoms with E-state index in [1.807, 2.05) is 48.5 Å². The van der Waals surface area contributed by atoms with Crippen molar-refractivity contribution in [3.8, 4) is 5.75 Å². The van der Waals surface area contributed by atoms with Crippen LogP contribution in [0, 0.1) is 0 Å². The van der Waals surface area contributed by atoms with Gasteiger partial charge in [0.25, 0.3) is 5.91 Å². The second-order valence-electron chi connectivity index (χ2n) is 8.02. The molecule has 1 unspecified atom stereocenters. The molecule has 0 saturated heterocycles. The molecular formula is C26H25N3O2. The standard InChI is InChI=1S/C26H25N3O2/c30-25(17-31-21-14-13-19-9-6-10-20(19)16-21)27-24(15-18-7-2-1-3-8-18)26-28-22-11-4-5-12-23(22)29-26/h1-5,7-8,11-14,16,24H,6,9-10,15,17H2,(H,27,30)(H,28,29). The number of ether oxygens (including phenoxy) is 1. The van der Waals surface area contributed by atoms with Crippen molar-refractivity contribution in [3.63, 3.8) is 0 Å². The molecule has 0 aliphatic heterocycles. The molecule has 2 N–H and O–H groups in total. The van der Waals surface area contributed by atoms with Crippen LogP contribution in [0.2, 0.25) is 0 Å². The van der Waals surface area contributed by atoms with Crippen molar-refractivity contribution in [3.05, 3.63) is 95.3 Å². The summed E-state index contributed by atoms with van der Waals surface area (Å²) in [7, 11) is 0. The number of carbonyl (C=O) groups is 1. The number of hydrogen-bond donors (Lipinski definition) is 2. The first-order chi connectivity index (χ1) is 15.2. The molecule has 5 rings (SSSR count). The maximum absolute atomic E-state index is 12.8. The van der Waals surface area contributed by atoms with Gasteiger partial charge in [-0.1, -0.05) is 48.5 Å². The van der Waals surface area contributed by atoms with E-state index in [9.17, 15) is 4.79 Å². The van der Waals surface area contributed by atoms with E-state index in [-0.39, 0.29) is 18.6 Å². The minimum atomic E-state index is -0.272. The van der Waals surface area contributed by atoms with Crippen molar-refractivity contribution in [2.75, 3.05) is 6.61 Å². The van der Waals surface area contributed by atoms with Gasteiger partial charge in [0.05, 0.1) is 17.1 Å². The molecule has 1 aromatic heterocycles. The van der Waals surface area contributed by atoms with E-state index in [0.717, 1.165) is 41.0 Å². The molecule has 1 atom stereocenters. The monoisotopic (exact) mass is 411 g/mol. The molecule has 0 saturated carbocycles. The number of nitrogens with zero attached hydrogens (tertiary/aromatic N) is 1. The largest absolute Gasteiger partial charge is 0.484 e. The lowest BCUT2D eigenvalue weighted by Crippen LogP contribution is -2.34. The number of amides is 1. The van der Waals surface area contributed by atoms with Gasteiger partial charge in [0.1, 0.15) is 11.6 Å². The van der Waals surface area contributed by atoms with Gasteiger partial charge in [-0.2, -0.15) is 0 Å². The first-order valence-corrected chi connectivity index (χ1v) is 10.8. The summed E-state index contributed by atoms with van der Waals surface area (Å²) in [6.07, 6.45) is 4.06. The van der Waals surface area contributed by atoms with Crippen molar-refractivity contribution in [1.29, 1.82) is 0 Å². The molecule has 1 heterocycles. The highest BCUT2D eigenvalue weighted by Gasteiger charge is 2.20. The highest BCUT2D eigenvalue weighted by molar-refractivity contribution is 5.78. The van der Waals surface area contributed by atoms with E-state index >= 15 is 0 Å². The predicted molar refractivity (Wildman–Crippen MR) is 121 cm³/mol. The van der Waals surface area contributed by atoms with Crippen LogP contribution >= 0.6 is 0 Å². The molecule has 1 aliphatic rings. The molecule has 0 spiro atoms. The van der Waals surface area contributed by atoms with Crippen molar-refractivity contribution in [2.45, 2.75) is 31.7 Å². The normalized spacial score (nSPS) is 13.7. The van der Waals surface area contributed by atoms with Crippen LogP contribution in [0.4, 0.5) is 0 Å². The molecule has 0 bridgehead atoms. The molecule has 5 heteroatoms. The third-order valence-electron chi connectivity index (χ3n) is 5.80. The third kappa shape index (κ3) is 4.45. The molecule has 3 aromatic carbocycles. The maximum Gasteiger partial charge on any atom is 0.258 e. The number of hydrogen-bond acceptors (Lipinski definition) is 3. The molecule has 4 aromatic rings. The van der Waals surface area contributed by atoms with E-state index in [2.05, 4.69) is 34.6 Å². The summed E-state index contributed by atoms with van der Waals surface area (Å²) in [5, 5.41) is 3.11. The fraction of sp³-hybridized carbons (Fsp3) is 0.231. The van der Waals surface area contributed by atoms with Crippen LogP contribution in [0.15, 0.2) is 72.8 Å². The highest BCUT2D eigenvalue weighted by atomic mass is 16.5. The van der Waals surface area contributed by atoms with E-state index < -0.39 is 0 Å². The first-order valence-electron chi connectivity index (χ1n) is 10.8. The lowest BCUT2D eigenvalue weighted by atomic mass is 10.1. The molecule has 1 aliphatic carbocycles. The first kappa shape index (κ1) is 19.4. The van der Waals surface area contributed by atoms with Gasteiger partial charge >= 0.3 is 0 Å². The second-order valence-corrected chi connectivity index (χ2v) is 8.02. The number of para-hydroxylation sites is 2. The Kier molecular flexibility index (Phi) is 5.40. The minimum Gasteiger partial charge on any atom is -0.484 e. The topological polar surface area (TPSA) is 67.0 Å². The summed E-state index contributed by atoms with van der Waals surface area (Å²) in [4.78, 5) is 20.8. The van der Waals surface area contributed by atoms with Gasteiger partial charge in [0.2, 0.25) is 0 Å². The minimum absolute atomic E-state index is 0.0235. The van der Waals surface area contributed by atoms with Gasteiger partial charge in [-0.3, -0.25) is 4.79 Å². The van der Waals surface area contributed by atoms with Crippen molar-refractivity contribution in [1.82, 2.24) is 15.3 Å². The number of aryl methyl sites for hydroxylation is 2. The van der Waals surface area contributed by atoms with Crippen LogP contribution < -0.4 is 10.1 Å². The van der Waals surface area contributed by atoms with Crippen LogP contribution in [-0.2, 0) is 24.1 Å². The van der Waals surface area contributed by atoms with Crippen molar-refractivity contribution < 1.29 is 9.53 Å². The fourth-order valence-electron chi connectivity index (χ4n) is 4.23. The van der Waals surface area contributed by atoms with E-state index in [4.69, 9.17) is 9.72 Å². The Hall–Kier alpha value is -3.60. The van der Waals surface area contributed by atoms with Gasteiger partial charge in [-0.25, -0.2) is 4.98 Å². The van der Waals surface area contributed by atoms with Gasteiger partial charge in [0, 0.05) is 0 Å². The Balaban J connectivity index is 1.30. The quantitative estimate of drug-likeness (QED) is 0.470. The van der Waals surface area contributed by atoms with E-state index in [0.29, 0.717) is 6.42 Å². The summed E-state index contributed by atoms with van der Waals surface area (Å²) in [5.41, 5.74) is 5.71. The van der Waals surface area contributed by atoms with E-state index in [1.165, 1.54) is 17.5 Å². The number of imidazole rings is 1. The van der Waals surface area contributed by atoms with Crippen LogP contribution in [0.5, 0.6) is 5.75 Å². The van der Waals surface area contributed by atoms with Gasteiger partial charge in [-0.15, -0.1) is 0 Å². The van der Waals surface area contributed by atoms with Gasteiger partial charge in [0.15, 0.2) is 6.61 Å². The fourth-order valence-corrected chi connectivity index (χ4v) is 4.23. The number of nitrogens with one attached hydrogen (secondary N) is 2. The van der Waals surface area contributed by atoms with Crippen molar-refractivity contribution >= 4 is 16.9 Å². The lowest BCUT2D eigenvalue weighted by molar-refractivity contribution is -0.123. The summed E-state index contributed by atoms with van der Waals surface area (Å²) in [6.45, 7) is -0.0235. The Bertz CT molecular complexity index is 1170. The number of aromatic nitrogens is 2. The van der Waals surface area contributed by atoms with Gasteiger partial charge in [-0.05, 0) is 66.6 Å². The summed E-state index contributed by atoms with van der Waals surface area (Å²) >= 11 is 0. The predicted octanol–water partition coefficient (Wildman–Crippen LogP) is 4.53. The molecule has 0 radical (unpaired) electrons. The Labute approximate surface area is 181 Å². The van der Waals surface area contributed by atoms with Crippen LogP contribution in [0.25, 0.3) is 11.0 Å². The zero-order chi connectivity index (χ0) is 21.0. The number of H-pyrrole nitrogens is 1. The van der Waals surface area contributed by atoms with E-state index in [1.54, 1.807) is 0 Å². The third-order valence-corrected chi connectivity index (χ3v) is 5.80. The average molecular weight is 412 g/mol. The number of aromatic amines is 1. The Morgan fingerprint density at radius 2 is 1.81 bits per heavy atom. The lowest BCUT2D eigenvalue weighted by Gasteiger charge is -2.17. The number of benzene rings is 3. The molecule has 1 amide bonds. The average Bonchev–Trinajstić information content (AvgIpc) is 3.44. The van der Waals surface area contributed by atoms with Gasteiger partial charge < -0.3 is 15.0 Å². The SMILES string of the molecule is O=C(COc1ccc2c(c1)CCC2)NC(Cc1ccccc1)c1nc2ccccc2[nH]1. The summed E-state index contributed by atoms with van der Waals surface area (Å²) in [5.74, 6) is 1.33. The Morgan fingerprint density at radius 3 is 2.68 bits per heavy atom. The number of rotatable bonds is 7. The molecule has 0 fully saturated rings. The highest BCUT2D eigenvalue weighted by Crippen LogP contribution is 2.26. The van der Waals surface area contributed by atoms with Crippen molar-refractivity contribution in [2.24, 2.45) is 0 Å². The molecule has 5 nitrogen and oxygen atoms in total. The number of fused-ring (bicyclic) bond motifs is 2. The molecule has 31 heavy (non-hydrogen) atoms.